The van der Waals surface area contributed by atoms with Crippen molar-refractivity contribution in [1.29, 1.82) is 0 Å². The predicted octanol–water partition coefficient (Wildman–Crippen LogP) is 1.42. The Morgan fingerprint density at radius 3 is 2.40 bits per heavy atom. The van der Waals surface area contributed by atoms with Crippen LogP contribution in [0, 0.1) is 20.8 Å². The molecule has 108 valence electrons. The lowest BCUT2D eigenvalue weighted by atomic mass is 10.4. The van der Waals surface area contributed by atoms with E-state index in [1.165, 1.54) is 12.4 Å². The highest BCUT2D eigenvalue weighted by atomic mass is 32.2. The number of anilines is 1. The molecule has 0 atom stereocenters. The van der Waals surface area contributed by atoms with Crippen LogP contribution in [0.1, 0.15) is 24.0 Å². The van der Waals surface area contributed by atoms with Crippen molar-refractivity contribution in [3.05, 3.63) is 29.5 Å². The Balaban J connectivity index is 2.40. The number of aromatic nitrogens is 4. The van der Waals surface area contributed by atoms with Crippen LogP contribution in [-0.2, 0) is 16.6 Å². The lowest BCUT2D eigenvalue weighted by Crippen LogP contribution is -2.16. The lowest BCUT2D eigenvalue weighted by Gasteiger charge is -2.07. The number of nitrogens with one attached hydrogen (secondary N) is 1. The largest absolute Gasteiger partial charge is 0.268 e. The molecule has 0 fully saturated rings. The minimum Gasteiger partial charge on any atom is -0.268 e. The first-order valence-electron chi connectivity index (χ1n) is 6.20. The Kier molecular flexibility index (Phi) is 3.76. The van der Waals surface area contributed by atoms with Gasteiger partial charge in [-0.1, -0.05) is 0 Å². The summed E-state index contributed by atoms with van der Waals surface area (Å²) in [7, 11) is -3.71. The third-order valence-electron chi connectivity index (χ3n) is 2.90. The molecule has 0 unspecified atom stereocenters. The molecule has 0 aliphatic rings. The van der Waals surface area contributed by atoms with Gasteiger partial charge in [-0.15, -0.1) is 0 Å². The Labute approximate surface area is 118 Å². The Morgan fingerprint density at radius 1 is 1.20 bits per heavy atom. The zero-order valence-corrected chi connectivity index (χ0v) is 12.7. The molecule has 2 aromatic heterocycles. The molecular weight excluding hydrogens is 278 g/mol. The minimum absolute atomic E-state index is 0.193. The molecule has 0 radical (unpaired) electrons. The van der Waals surface area contributed by atoms with Gasteiger partial charge >= 0.3 is 0 Å². The maximum Gasteiger partial charge on any atom is 0.266 e. The first-order chi connectivity index (χ1) is 9.35. The van der Waals surface area contributed by atoms with E-state index in [2.05, 4.69) is 19.8 Å². The van der Waals surface area contributed by atoms with E-state index in [0.29, 0.717) is 17.9 Å². The van der Waals surface area contributed by atoms with Crippen molar-refractivity contribution in [3.63, 3.8) is 0 Å². The second-order valence-electron chi connectivity index (χ2n) is 4.46. The van der Waals surface area contributed by atoms with Crippen LogP contribution in [0.25, 0.3) is 0 Å². The quantitative estimate of drug-likeness (QED) is 0.921. The standard InChI is InChI=1S/C12H17N5O2S/c1-5-17-10(4)12(9(3)15-17)20(18,19)16-11-7-13-8(2)6-14-11/h6-7H,5H2,1-4H3,(H,14,16). The average molecular weight is 295 g/mol. The fraction of sp³-hybridized carbons (Fsp3) is 0.417. The highest BCUT2D eigenvalue weighted by Crippen LogP contribution is 2.21. The number of nitrogens with zero attached hydrogens (tertiary/aromatic N) is 4. The third-order valence-corrected chi connectivity index (χ3v) is 4.51. The fourth-order valence-electron chi connectivity index (χ4n) is 2.01. The smallest absolute Gasteiger partial charge is 0.266 e. The van der Waals surface area contributed by atoms with Gasteiger partial charge in [0, 0.05) is 6.54 Å². The van der Waals surface area contributed by atoms with Gasteiger partial charge in [-0.05, 0) is 27.7 Å². The summed E-state index contributed by atoms with van der Waals surface area (Å²) >= 11 is 0. The molecule has 2 rings (SSSR count). The van der Waals surface area contributed by atoms with Gasteiger partial charge in [0.2, 0.25) is 0 Å². The van der Waals surface area contributed by atoms with E-state index >= 15 is 0 Å². The molecule has 0 bridgehead atoms. The molecule has 0 spiro atoms. The summed E-state index contributed by atoms with van der Waals surface area (Å²) in [5, 5.41) is 4.21. The SMILES string of the molecule is CCn1nc(C)c(S(=O)(=O)Nc2cnc(C)cn2)c1C. The van der Waals surface area contributed by atoms with Crippen LogP contribution in [0.2, 0.25) is 0 Å². The Morgan fingerprint density at radius 2 is 1.90 bits per heavy atom. The number of sulfonamides is 1. The molecule has 2 aromatic rings. The van der Waals surface area contributed by atoms with Crippen LogP contribution in [0.3, 0.4) is 0 Å². The van der Waals surface area contributed by atoms with Crippen LogP contribution in [-0.4, -0.2) is 28.2 Å². The summed E-state index contributed by atoms with van der Waals surface area (Å²) in [6.07, 6.45) is 2.90. The number of hydrogen-bond donors (Lipinski definition) is 1. The minimum atomic E-state index is -3.71. The van der Waals surface area contributed by atoms with Gasteiger partial charge in [-0.2, -0.15) is 5.10 Å². The zero-order chi connectivity index (χ0) is 14.9. The predicted molar refractivity (Wildman–Crippen MR) is 75.0 cm³/mol. The van der Waals surface area contributed by atoms with E-state index in [1.807, 2.05) is 6.92 Å². The molecule has 0 aromatic carbocycles. The average Bonchev–Trinajstić information content (AvgIpc) is 2.67. The lowest BCUT2D eigenvalue weighted by molar-refractivity contribution is 0.598. The normalized spacial score (nSPS) is 11.6. The van der Waals surface area contributed by atoms with E-state index in [9.17, 15) is 8.42 Å². The highest BCUT2D eigenvalue weighted by molar-refractivity contribution is 7.92. The van der Waals surface area contributed by atoms with Crippen LogP contribution in [0.5, 0.6) is 0 Å². The highest BCUT2D eigenvalue weighted by Gasteiger charge is 2.24. The molecule has 0 saturated carbocycles. The maximum atomic E-state index is 12.4. The monoisotopic (exact) mass is 295 g/mol. The van der Waals surface area contributed by atoms with E-state index in [-0.39, 0.29) is 10.7 Å². The molecule has 2 heterocycles. The van der Waals surface area contributed by atoms with Crippen LogP contribution in [0.4, 0.5) is 5.82 Å². The molecule has 0 aliphatic heterocycles. The van der Waals surface area contributed by atoms with Crippen LogP contribution < -0.4 is 4.72 Å². The van der Waals surface area contributed by atoms with Crippen molar-refractivity contribution in [2.45, 2.75) is 39.1 Å². The van der Waals surface area contributed by atoms with E-state index in [0.717, 1.165) is 5.69 Å². The van der Waals surface area contributed by atoms with Gasteiger partial charge in [-0.25, -0.2) is 13.4 Å². The second-order valence-corrected chi connectivity index (χ2v) is 6.08. The topological polar surface area (TPSA) is 89.8 Å². The van der Waals surface area contributed by atoms with Gasteiger partial charge < -0.3 is 0 Å². The Hall–Kier alpha value is -1.96. The number of hydrogen-bond acceptors (Lipinski definition) is 5. The van der Waals surface area contributed by atoms with Crippen molar-refractivity contribution in [2.75, 3.05) is 4.72 Å². The summed E-state index contributed by atoms with van der Waals surface area (Å²) in [4.78, 5) is 8.20. The van der Waals surface area contributed by atoms with Crippen LogP contribution >= 0.6 is 0 Å². The van der Waals surface area contributed by atoms with Gasteiger partial charge in [0.1, 0.15) is 4.90 Å². The molecule has 0 aliphatic carbocycles. The third kappa shape index (κ3) is 2.64. The maximum absolute atomic E-state index is 12.4. The fourth-order valence-corrected chi connectivity index (χ4v) is 3.42. The first-order valence-corrected chi connectivity index (χ1v) is 7.69. The van der Waals surface area contributed by atoms with Crippen molar-refractivity contribution in [2.24, 2.45) is 0 Å². The molecular formula is C12H17N5O2S. The molecule has 7 nitrogen and oxygen atoms in total. The molecule has 20 heavy (non-hydrogen) atoms. The summed E-state index contributed by atoms with van der Waals surface area (Å²) in [6, 6.07) is 0. The van der Waals surface area contributed by atoms with E-state index < -0.39 is 10.0 Å². The van der Waals surface area contributed by atoms with Crippen molar-refractivity contribution in [3.8, 4) is 0 Å². The van der Waals surface area contributed by atoms with Gasteiger partial charge in [-0.3, -0.25) is 14.4 Å². The summed E-state index contributed by atoms with van der Waals surface area (Å²) in [6.45, 7) is 7.72. The van der Waals surface area contributed by atoms with E-state index in [4.69, 9.17) is 0 Å². The van der Waals surface area contributed by atoms with Gasteiger partial charge in [0.15, 0.2) is 5.82 Å². The number of aryl methyl sites for hydroxylation is 3. The zero-order valence-electron chi connectivity index (χ0n) is 11.9. The van der Waals surface area contributed by atoms with Crippen molar-refractivity contribution >= 4 is 15.8 Å². The molecule has 1 N–H and O–H groups in total. The first kappa shape index (κ1) is 14.4. The van der Waals surface area contributed by atoms with Crippen molar-refractivity contribution < 1.29 is 8.42 Å². The molecule has 0 saturated heterocycles. The molecule has 0 amide bonds. The van der Waals surface area contributed by atoms with Gasteiger partial charge in [0.05, 0.1) is 29.5 Å². The molecule has 8 heteroatoms. The van der Waals surface area contributed by atoms with Crippen molar-refractivity contribution in [1.82, 2.24) is 19.7 Å². The summed E-state index contributed by atoms with van der Waals surface area (Å²) in [5.41, 5.74) is 1.80. The summed E-state index contributed by atoms with van der Waals surface area (Å²) in [5.74, 6) is 0.193. The van der Waals surface area contributed by atoms with E-state index in [1.54, 1.807) is 25.5 Å². The number of rotatable bonds is 4. The summed E-state index contributed by atoms with van der Waals surface area (Å²) < 4.78 is 28.9. The van der Waals surface area contributed by atoms with Crippen LogP contribution in [0.15, 0.2) is 17.3 Å². The second kappa shape index (κ2) is 5.20. The Bertz CT molecular complexity index is 719. The van der Waals surface area contributed by atoms with Gasteiger partial charge in [0.25, 0.3) is 10.0 Å².